The average Bonchev–Trinajstić information content (AvgIpc) is 2.58. The van der Waals surface area contributed by atoms with E-state index in [0.29, 0.717) is 6.04 Å². The van der Waals surface area contributed by atoms with Gasteiger partial charge in [-0.25, -0.2) is 0 Å². The summed E-state index contributed by atoms with van der Waals surface area (Å²) >= 11 is 0. The zero-order valence-electron chi connectivity index (χ0n) is 14.1. The van der Waals surface area contributed by atoms with Crippen LogP contribution in [0.25, 0.3) is 0 Å². The van der Waals surface area contributed by atoms with Crippen molar-refractivity contribution in [2.45, 2.75) is 26.3 Å². The van der Waals surface area contributed by atoms with Gasteiger partial charge in [0, 0.05) is 50.5 Å². The largest absolute Gasteiger partial charge is 0.456 e. The predicted octanol–water partition coefficient (Wildman–Crippen LogP) is 2.90. The quantitative estimate of drug-likeness (QED) is 0.836. The van der Waals surface area contributed by atoms with E-state index < -0.39 is 0 Å². The van der Waals surface area contributed by atoms with E-state index in [2.05, 4.69) is 47.2 Å². The van der Waals surface area contributed by atoms with Gasteiger partial charge < -0.3 is 4.74 Å². The van der Waals surface area contributed by atoms with Crippen molar-refractivity contribution < 1.29 is 4.74 Å². The number of hydrogen-bond acceptors (Lipinski definition) is 4. The van der Waals surface area contributed by atoms with E-state index in [1.54, 1.807) is 12.4 Å². The first-order chi connectivity index (χ1) is 11.2. The number of nitrogens with zero attached hydrogens (tertiary/aromatic N) is 3. The van der Waals surface area contributed by atoms with Crippen LogP contribution in [0.5, 0.6) is 5.75 Å². The Bertz CT molecular complexity index is 557. The first-order valence-corrected chi connectivity index (χ1v) is 8.49. The number of ether oxygens (including phenoxy) is 1. The Hall–Kier alpha value is -1.65. The molecule has 4 nitrogen and oxygen atoms in total. The van der Waals surface area contributed by atoms with Gasteiger partial charge in [0.05, 0.1) is 6.20 Å². The topological polar surface area (TPSA) is 28.6 Å². The highest BCUT2D eigenvalue weighted by Gasteiger charge is 2.21. The minimum atomic E-state index is 0.644. The van der Waals surface area contributed by atoms with Crippen LogP contribution < -0.4 is 4.74 Å². The molecule has 0 unspecified atom stereocenters. The second kappa shape index (κ2) is 7.75. The summed E-state index contributed by atoms with van der Waals surface area (Å²) in [6.07, 6.45) is 11.0. The molecule has 1 aliphatic heterocycles. The minimum absolute atomic E-state index is 0.644. The third kappa shape index (κ3) is 4.43. The summed E-state index contributed by atoms with van der Waals surface area (Å²) in [5.41, 5.74) is 1.29. The Morgan fingerprint density at radius 3 is 2.74 bits per heavy atom. The van der Waals surface area contributed by atoms with E-state index in [1.165, 1.54) is 5.57 Å². The highest BCUT2D eigenvalue weighted by molar-refractivity contribution is 5.37. The molecule has 123 valence electrons. The molecule has 23 heavy (non-hydrogen) atoms. The molecule has 2 aliphatic rings. The van der Waals surface area contributed by atoms with Crippen LogP contribution in [0.3, 0.4) is 0 Å². The molecule has 4 heteroatoms. The lowest BCUT2D eigenvalue weighted by Crippen LogP contribution is -2.49. The van der Waals surface area contributed by atoms with Gasteiger partial charge in [0.1, 0.15) is 11.5 Å². The molecular weight excluding hydrogens is 286 g/mol. The van der Waals surface area contributed by atoms with E-state index >= 15 is 0 Å². The van der Waals surface area contributed by atoms with E-state index in [-0.39, 0.29) is 0 Å². The maximum Gasteiger partial charge on any atom is 0.145 e. The Morgan fingerprint density at radius 1 is 1.22 bits per heavy atom. The van der Waals surface area contributed by atoms with Gasteiger partial charge in [-0.1, -0.05) is 6.08 Å². The van der Waals surface area contributed by atoms with Crippen LogP contribution in [0, 0.1) is 6.42 Å². The zero-order chi connectivity index (χ0) is 16.1. The molecule has 1 aromatic heterocycles. The molecule has 1 radical (unpaired) electrons. The predicted molar refractivity (Wildman–Crippen MR) is 93.1 cm³/mol. The van der Waals surface area contributed by atoms with Crippen LogP contribution in [0.4, 0.5) is 0 Å². The van der Waals surface area contributed by atoms with Crippen molar-refractivity contribution in [3.05, 3.63) is 54.4 Å². The van der Waals surface area contributed by atoms with Gasteiger partial charge >= 0.3 is 0 Å². The zero-order valence-corrected chi connectivity index (χ0v) is 14.1. The van der Waals surface area contributed by atoms with E-state index in [4.69, 9.17) is 4.74 Å². The van der Waals surface area contributed by atoms with Crippen molar-refractivity contribution in [1.82, 2.24) is 14.8 Å². The summed E-state index contributed by atoms with van der Waals surface area (Å²) in [6, 6.07) is 4.49. The lowest BCUT2D eigenvalue weighted by Gasteiger charge is -2.37. The lowest BCUT2D eigenvalue weighted by atomic mass is 10.0. The molecule has 1 aliphatic carbocycles. The molecule has 0 spiro atoms. The molecule has 1 saturated heterocycles. The summed E-state index contributed by atoms with van der Waals surface area (Å²) in [6.45, 7) is 10.1. The van der Waals surface area contributed by atoms with Gasteiger partial charge in [-0.2, -0.15) is 0 Å². The maximum absolute atomic E-state index is 6.03. The Kier molecular flexibility index (Phi) is 5.47. The molecule has 1 aromatic rings. The van der Waals surface area contributed by atoms with Crippen LogP contribution in [0.1, 0.15) is 20.3 Å². The molecule has 0 aromatic carbocycles. The smallest absolute Gasteiger partial charge is 0.145 e. The summed E-state index contributed by atoms with van der Waals surface area (Å²) in [4.78, 5) is 9.19. The highest BCUT2D eigenvalue weighted by Crippen LogP contribution is 2.23. The summed E-state index contributed by atoms with van der Waals surface area (Å²) in [5, 5.41) is 0. The van der Waals surface area contributed by atoms with Gasteiger partial charge in [0.25, 0.3) is 0 Å². The van der Waals surface area contributed by atoms with Gasteiger partial charge in [0.2, 0.25) is 0 Å². The van der Waals surface area contributed by atoms with Crippen molar-refractivity contribution in [2.24, 2.45) is 0 Å². The number of piperazine rings is 1. The van der Waals surface area contributed by atoms with Crippen molar-refractivity contribution in [1.29, 1.82) is 0 Å². The molecule has 1 fully saturated rings. The van der Waals surface area contributed by atoms with Crippen LogP contribution in [-0.4, -0.2) is 53.5 Å². The SMILES string of the molecule is CC(C)N1CCN(CC2=CC[CH]C=C2Oc2cccnc2)CC1. The number of pyridine rings is 1. The van der Waals surface area contributed by atoms with Crippen LogP contribution in [0.15, 0.2) is 48.0 Å². The maximum atomic E-state index is 6.03. The van der Waals surface area contributed by atoms with Gasteiger partial charge in [-0.05, 0) is 44.9 Å². The summed E-state index contributed by atoms with van der Waals surface area (Å²) in [5.74, 6) is 1.75. The summed E-state index contributed by atoms with van der Waals surface area (Å²) in [7, 11) is 0. The Morgan fingerprint density at radius 2 is 2.04 bits per heavy atom. The fraction of sp³-hybridized carbons (Fsp3) is 0.474. The molecular formula is C19H26N3O. The van der Waals surface area contributed by atoms with E-state index in [9.17, 15) is 0 Å². The minimum Gasteiger partial charge on any atom is -0.456 e. The second-order valence-corrected chi connectivity index (χ2v) is 6.43. The standard InChI is InChI=1S/C19H26N3O/c1-16(2)22-12-10-21(11-13-22)15-17-6-3-4-8-19(17)23-18-7-5-9-20-14-18/h4-9,14,16H,3,10-13,15H2,1-2H3. The molecule has 0 amide bonds. The normalized spacial score (nSPS) is 20.3. The summed E-state index contributed by atoms with van der Waals surface area (Å²) < 4.78 is 6.03. The number of aromatic nitrogens is 1. The average molecular weight is 312 g/mol. The Labute approximate surface area is 139 Å². The number of allylic oxidation sites excluding steroid dienone is 2. The van der Waals surface area contributed by atoms with E-state index in [1.807, 2.05) is 12.1 Å². The lowest BCUT2D eigenvalue weighted by molar-refractivity contribution is 0.114. The third-order valence-electron chi connectivity index (χ3n) is 4.48. The number of hydrogen-bond donors (Lipinski definition) is 0. The fourth-order valence-electron chi connectivity index (χ4n) is 3.05. The molecule has 3 rings (SSSR count). The van der Waals surface area contributed by atoms with Gasteiger partial charge in [-0.15, -0.1) is 0 Å². The van der Waals surface area contributed by atoms with Crippen molar-refractivity contribution in [3.8, 4) is 5.75 Å². The van der Waals surface area contributed by atoms with Crippen molar-refractivity contribution in [2.75, 3.05) is 32.7 Å². The van der Waals surface area contributed by atoms with E-state index in [0.717, 1.165) is 50.7 Å². The monoisotopic (exact) mass is 312 g/mol. The molecule has 2 heterocycles. The van der Waals surface area contributed by atoms with Crippen molar-refractivity contribution >= 4 is 0 Å². The first kappa shape index (κ1) is 16.2. The van der Waals surface area contributed by atoms with Crippen molar-refractivity contribution in [3.63, 3.8) is 0 Å². The van der Waals surface area contributed by atoms with Crippen LogP contribution in [-0.2, 0) is 0 Å². The molecule has 0 atom stereocenters. The second-order valence-electron chi connectivity index (χ2n) is 6.43. The highest BCUT2D eigenvalue weighted by atomic mass is 16.5. The first-order valence-electron chi connectivity index (χ1n) is 8.49. The molecule has 0 N–H and O–H groups in total. The Balaban J connectivity index is 1.58. The molecule has 0 bridgehead atoms. The van der Waals surface area contributed by atoms with Gasteiger partial charge in [-0.3, -0.25) is 14.8 Å². The number of rotatable bonds is 5. The fourth-order valence-corrected chi connectivity index (χ4v) is 3.05. The van der Waals surface area contributed by atoms with Crippen LogP contribution in [0.2, 0.25) is 0 Å². The van der Waals surface area contributed by atoms with Crippen LogP contribution >= 0.6 is 0 Å². The molecule has 0 saturated carbocycles. The third-order valence-corrected chi connectivity index (χ3v) is 4.48. The van der Waals surface area contributed by atoms with Gasteiger partial charge in [0.15, 0.2) is 0 Å².